The predicted octanol–water partition coefficient (Wildman–Crippen LogP) is 2.19. The molecule has 2 rings (SSSR count). The maximum Gasteiger partial charge on any atom is 0.334 e. The number of benzene rings is 1. The smallest absolute Gasteiger partial charge is 0.334 e. The molecule has 0 saturated carbocycles. The van der Waals surface area contributed by atoms with Crippen molar-refractivity contribution in [1.29, 1.82) is 5.26 Å². The van der Waals surface area contributed by atoms with Crippen molar-refractivity contribution in [1.82, 2.24) is 5.32 Å². The molecule has 1 aromatic rings. The van der Waals surface area contributed by atoms with Crippen molar-refractivity contribution in [3.8, 4) is 6.07 Å². The van der Waals surface area contributed by atoms with Gasteiger partial charge >= 0.3 is 11.9 Å². The van der Waals surface area contributed by atoms with Crippen LogP contribution in [0.3, 0.4) is 0 Å². The van der Waals surface area contributed by atoms with Crippen LogP contribution in [0.4, 0.5) is 13.2 Å². The monoisotopic (exact) mass is 352 g/mol. The Kier molecular flexibility index (Phi) is 4.83. The molecule has 0 radical (unpaired) electrons. The predicted molar refractivity (Wildman–Crippen MR) is 77.9 cm³/mol. The van der Waals surface area contributed by atoms with Crippen molar-refractivity contribution in [2.45, 2.75) is 12.8 Å². The Hall–Kier alpha value is -3.28. The molecule has 3 N–H and O–H groups in total. The van der Waals surface area contributed by atoms with E-state index in [0.717, 1.165) is 12.1 Å². The highest BCUT2D eigenvalue weighted by atomic mass is 19.1. The molecule has 0 amide bonds. The first-order valence-corrected chi connectivity index (χ1v) is 6.85. The molecule has 1 atom stereocenters. The number of alkyl halides is 1. The summed E-state index contributed by atoms with van der Waals surface area (Å²) < 4.78 is 42.1. The van der Waals surface area contributed by atoms with Crippen molar-refractivity contribution in [2.75, 3.05) is 6.67 Å². The number of carboxylic acid groups (broad SMARTS) is 2. The quantitative estimate of drug-likeness (QED) is 0.766. The van der Waals surface area contributed by atoms with Crippen LogP contribution in [0.15, 0.2) is 34.7 Å². The molecule has 0 fully saturated rings. The fourth-order valence-electron chi connectivity index (χ4n) is 2.75. The van der Waals surface area contributed by atoms with E-state index < -0.39 is 64.1 Å². The van der Waals surface area contributed by atoms with Gasteiger partial charge in [0.25, 0.3) is 0 Å². The molecule has 0 aromatic heterocycles. The summed E-state index contributed by atoms with van der Waals surface area (Å²) in [7, 11) is 0. The van der Waals surface area contributed by atoms with Crippen LogP contribution in [0, 0.1) is 23.0 Å². The third-order valence-corrected chi connectivity index (χ3v) is 3.78. The van der Waals surface area contributed by atoms with Gasteiger partial charge in [-0.05, 0) is 19.1 Å². The van der Waals surface area contributed by atoms with Gasteiger partial charge in [-0.15, -0.1) is 0 Å². The molecule has 1 unspecified atom stereocenters. The lowest BCUT2D eigenvalue weighted by Gasteiger charge is -2.29. The third-order valence-electron chi connectivity index (χ3n) is 3.78. The highest BCUT2D eigenvalue weighted by Gasteiger charge is 2.40. The standard InChI is InChI=1S/C16H11F3N2O4/c1-6-10(15(22)23)13(12(16(24)25)9(4-17)21-6)11-8(18)3-2-7(5-20)14(11)19/h2-3,13,21H,4H2,1H3,(H,22,23)(H,24,25). The van der Waals surface area contributed by atoms with Crippen molar-refractivity contribution >= 4 is 11.9 Å². The second-order valence-electron chi connectivity index (χ2n) is 5.17. The summed E-state index contributed by atoms with van der Waals surface area (Å²) in [4.78, 5) is 23.1. The maximum absolute atomic E-state index is 14.5. The zero-order valence-corrected chi connectivity index (χ0v) is 12.7. The summed E-state index contributed by atoms with van der Waals surface area (Å²) in [6, 6.07) is 3.03. The van der Waals surface area contributed by atoms with Crippen LogP contribution in [-0.2, 0) is 9.59 Å². The summed E-state index contributed by atoms with van der Waals surface area (Å²) in [6.07, 6.45) is 0. The van der Waals surface area contributed by atoms with E-state index in [4.69, 9.17) is 5.26 Å². The Morgan fingerprint density at radius 2 is 1.84 bits per heavy atom. The van der Waals surface area contributed by atoms with E-state index in [1.54, 1.807) is 0 Å². The number of aliphatic carboxylic acids is 2. The minimum absolute atomic E-state index is 0.156. The molecular weight excluding hydrogens is 341 g/mol. The number of rotatable bonds is 4. The van der Waals surface area contributed by atoms with Gasteiger partial charge in [0.2, 0.25) is 0 Å². The second kappa shape index (κ2) is 6.68. The molecule has 25 heavy (non-hydrogen) atoms. The van der Waals surface area contributed by atoms with E-state index in [-0.39, 0.29) is 5.70 Å². The van der Waals surface area contributed by atoms with Crippen LogP contribution in [0.2, 0.25) is 0 Å². The van der Waals surface area contributed by atoms with Gasteiger partial charge in [0.15, 0.2) is 0 Å². The van der Waals surface area contributed by atoms with Gasteiger partial charge in [0.1, 0.15) is 24.4 Å². The molecule has 130 valence electrons. The minimum atomic E-state index is -1.92. The highest BCUT2D eigenvalue weighted by Crippen LogP contribution is 2.41. The number of dihydropyridines is 1. The summed E-state index contributed by atoms with van der Waals surface area (Å²) in [6.45, 7) is -0.0990. The number of nitriles is 1. The molecule has 1 aliphatic rings. The number of halogens is 3. The molecular formula is C16H11F3N2O4. The van der Waals surface area contributed by atoms with Gasteiger partial charge in [0.05, 0.1) is 28.3 Å². The Labute approximate surface area is 139 Å². The molecule has 6 nitrogen and oxygen atoms in total. The van der Waals surface area contributed by atoms with Crippen molar-refractivity contribution in [3.05, 3.63) is 57.4 Å². The van der Waals surface area contributed by atoms with Gasteiger partial charge in [-0.25, -0.2) is 22.8 Å². The molecule has 9 heteroatoms. The number of nitrogens with zero attached hydrogens (tertiary/aromatic N) is 1. The SMILES string of the molecule is CC1=C(C(=O)O)C(c2c(F)ccc(C#N)c2F)C(C(=O)O)=C(CF)N1. The Balaban J connectivity index is 2.92. The van der Waals surface area contributed by atoms with Crippen LogP contribution in [-0.4, -0.2) is 28.8 Å². The second-order valence-corrected chi connectivity index (χ2v) is 5.17. The molecule has 1 heterocycles. The zero-order chi connectivity index (χ0) is 18.9. The topological polar surface area (TPSA) is 110 Å². The van der Waals surface area contributed by atoms with E-state index >= 15 is 0 Å². The Morgan fingerprint density at radius 3 is 2.32 bits per heavy atom. The molecule has 0 bridgehead atoms. The number of carbonyl (C=O) groups is 2. The highest BCUT2D eigenvalue weighted by molar-refractivity contribution is 5.98. The van der Waals surface area contributed by atoms with Crippen molar-refractivity contribution < 1.29 is 33.0 Å². The third kappa shape index (κ3) is 2.94. The van der Waals surface area contributed by atoms with Crippen LogP contribution >= 0.6 is 0 Å². The van der Waals surface area contributed by atoms with Crippen LogP contribution in [0.25, 0.3) is 0 Å². The van der Waals surface area contributed by atoms with Crippen LogP contribution < -0.4 is 5.32 Å². The number of hydrogen-bond acceptors (Lipinski definition) is 4. The molecule has 1 aliphatic heterocycles. The van der Waals surface area contributed by atoms with E-state index in [2.05, 4.69) is 5.32 Å². The van der Waals surface area contributed by atoms with E-state index in [1.165, 1.54) is 13.0 Å². The summed E-state index contributed by atoms with van der Waals surface area (Å²) in [5.41, 5.74) is -3.68. The minimum Gasteiger partial charge on any atom is -0.478 e. The first kappa shape index (κ1) is 18.1. The lowest BCUT2D eigenvalue weighted by atomic mass is 9.79. The number of hydrogen-bond donors (Lipinski definition) is 3. The molecule has 0 saturated heterocycles. The molecule has 0 spiro atoms. The average molecular weight is 352 g/mol. The first-order chi connectivity index (χ1) is 11.7. The number of nitrogens with one attached hydrogen (secondary N) is 1. The lowest BCUT2D eigenvalue weighted by molar-refractivity contribution is -0.133. The Bertz CT molecular complexity index is 884. The Morgan fingerprint density at radius 1 is 1.24 bits per heavy atom. The van der Waals surface area contributed by atoms with E-state index in [1.807, 2.05) is 0 Å². The largest absolute Gasteiger partial charge is 0.478 e. The first-order valence-electron chi connectivity index (χ1n) is 6.85. The van der Waals surface area contributed by atoms with Gasteiger partial charge < -0.3 is 15.5 Å². The average Bonchev–Trinajstić information content (AvgIpc) is 2.53. The lowest BCUT2D eigenvalue weighted by Crippen LogP contribution is -2.33. The van der Waals surface area contributed by atoms with Gasteiger partial charge in [-0.1, -0.05) is 0 Å². The van der Waals surface area contributed by atoms with Gasteiger partial charge in [-0.2, -0.15) is 5.26 Å². The summed E-state index contributed by atoms with van der Waals surface area (Å²) >= 11 is 0. The fourth-order valence-corrected chi connectivity index (χ4v) is 2.75. The zero-order valence-electron chi connectivity index (χ0n) is 12.7. The van der Waals surface area contributed by atoms with Gasteiger partial charge in [-0.3, -0.25) is 0 Å². The fraction of sp³-hybridized carbons (Fsp3) is 0.188. The van der Waals surface area contributed by atoms with Crippen molar-refractivity contribution in [3.63, 3.8) is 0 Å². The normalized spacial score (nSPS) is 17.2. The molecule has 1 aromatic carbocycles. The molecule has 0 aliphatic carbocycles. The van der Waals surface area contributed by atoms with E-state index in [0.29, 0.717) is 0 Å². The van der Waals surface area contributed by atoms with E-state index in [9.17, 15) is 33.0 Å². The van der Waals surface area contributed by atoms with Gasteiger partial charge in [0, 0.05) is 11.3 Å². The summed E-state index contributed by atoms with van der Waals surface area (Å²) in [5.74, 6) is -7.93. The van der Waals surface area contributed by atoms with Crippen molar-refractivity contribution in [2.24, 2.45) is 0 Å². The number of carboxylic acids is 2. The summed E-state index contributed by atoms with van der Waals surface area (Å²) in [5, 5.41) is 30.0. The maximum atomic E-state index is 14.5. The van der Waals surface area contributed by atoms with Crippen LogP contribution in [0.1, 0.15) is 24.0 Å². The number of allylic oxidation sites excluding steroid dienone is 2. The van der Waals surface area contributed by atoms with Crippen LogP contribution in [0.5, 0.6) is 0 Å².